The minimum atomic E-state index is -3.55. The molecule has 0 bridgehead atoms. The molecule has 3 rings (SSSR count). The predicted octanol–water partition coefficient (Wildman–Crippen LogP) is 4.21. The van der Waals surface area contributed by atoms with Gasteiger partial charge in [-0.15, -0.1) is 11.3 Å². The third-order valence-electron chi connectivity index (χ3n) is 5.36. The van der Waals surface area contributed by atoms with Crippen molar-refractivity contribution in [3.63, 3.8) is 0 Å². The van der Waals surface area contributed by atoms with Crippen LogP contribution < -0.4 is 4.72 Å². The van der Waals surface area contributed by atoms with E-state index < -0.39 is 16.1 Å². The second-order valence-corrected chi connectivity index (χ2v) is 10.3. The molecule has 26 heavy (non-hydrogen) atoms. The Hall–Kier alpha value is -1.21. The van der Waals surface area contributed by atoms with Gasteiger partial charge in [-0.3, -0.25) is 0 Å². The van der Waals surface area contributed by atoms with Gasteiger partial charge in [0.05, 0.1) is 11.0 Å². The van der Waals surface area contributed by atoms with E-state index >= 15 is 0 Å². The van der Waals surface area contributed by atoms with Gasteiger partial charge < -0.3 is 5.11 Å². The molecule has 0 aliphatic heterocycles. The summed E-state index contributed by atoms with van der Waals surface area (Å²) in [6, 6.07) is 9.53. The smallest absolute Gasteiger partial charge is 0.240 e. The lowest BCUT2D eigenvalue weighted by molar-refractivity contribution is 0.203. The predicted molar refractivity (Wildman–Crippen MR) is 106 cm³/mol. The first-order valence-electron chi connectivity index (χ1n) is 9.09. The molecule has 1 aromatic carbocycles. The van der Waals surface area contributed by atoms with Gasteiger partial charge in [-0.05, 0) is 62.9 Å². The van der Waals surface area contributed by atoms with Crippen LogP contribution in [0.3, 0.4) is 0 Å². The van der Waals surface area contributed by atoms with Crippen LogP contribution in [-0.2, 0) is 15.4 Å². The zero-order valence-electron chi connectivity index (χ0n) is 15.6. The number of rotatable bonds is 6. The highest BCUT2D eigenvalue weighted by molar-refractivity contribution is 7.89. The number of aliphatic hydroxyl groups excluding tert-OH is 1. The zero-order chi connectivity index (χ0) is 18.9. The molecule has 142 valence electrons. The largest absolute Gasteiger partial charge is 0.388 e. The molecule has 0 amide bonds. The van der Waals surface area contributed by atoms with Gasteiger partial charge in [-0.2, -0.15) is 0 Å². The van der Waals surface area contributed by atoms with Crippen LogP contribution in [0, 0.1) is 13.8 Å². The van der Waals surface area contributed by atoms with Crippen molar-refractivity contribution in [2.24, 2.45) is 0 Å². The lowest BCUT2D eigenvalue weighted by Crippen LogP contribution is -2.38. The highest BCUT2D eigenvalue weighted by Gasteiger charge is 2.38. The fraction of sp³-hybridized carbons (Fsp3) is 0.500. The Balaban J connectivity index is 1.85. The molecule has 1 atom stereocenters. The van der Waals surface area contributed by atoms with Gasteiger partial charge in [0.15, 0.2) is 0 Å². The molecule has 6 heteroatoms. The SMILES string of the molecule is Cc1ccc(C)c(S(=O)(=O)NCC2(c3ccc(C(C)O)s3)CCCC2)c1. The molecule has 1 saturated carbocycles. The van der Waals surface area contributed by atoms with Crippen molar-refractivity contribution in [3.8, 4) is 0 Å². The Morgan fingerprint density at radius 1 is 1.19 bits per heavy atom. The average molecular weight is 394 g/mol. The molecule has 1 aliphatic rings. The molecule has 1 aromatic heterocycles. The Morgan fingerprint density at radius 2 is 1.88 bits per heavy atom. The molecule has 4 nitrogen and oxygen atoms in total. The molecular formula is C20H27NO3S2. The number of thiophene rings is 1. The number of hydrogen-bond donors (Lipinski definition) is 2. The number of aliphatic hydroxyl groups is 1. The summed E-state index contributed by atoms with van der Waals surface area (Å²) in [6.45, 7) is 5.90. The van der Waals surface area contributed by atoms with Crippen LogP contribution in [0.1, 0.15) is 59.6 Å². The number of hydrogen-bond acceptors (Lipinski definition) is 4. The van der Waals surface area contributed by atoms with Crippen molar-refractivity contribution in [1.82, 2.24) is 4.72 Å². The van der Waals surface area contributed by atoms with Gasteiger partial charge in [0.1, 0.15) is 0 Å². The van der Waals surface area contributed by atoms with Gasteiger partial charge in [0.25, 0.3) is 0 Å². The summed E-state index contributed by atoms with van der Waals surface area (Å²) in [4.78, 5) is 2.47. The maximum Gasteiger partial charge on any atom is 0.240 e. The summed E-state index contributed by atoms with van der Waals surface area (Å²) in [7, 11) is -3.55. The molecule has 1 unspecified atom stereocenters. The molecule has 1 fully saturated rings. The van der Waals surface area contributed by atoms with E-state index in [1.807, 2.05) is 32.0 Å². The second kappa shape index (κ2) is 7.43. The van der Waals surface area contributed by atoms with Crippen molar-refractivity contribution >= 4 is 21.4 Å². The number of aryl methyl sites for hydroxylation is 2. The topological polar surface area (TPSA) is 66.4 Å². The van der Waals surface area contributed by atoms with E-state index in [9.17, 15) is 13.5 Å². The lowest BCUT2D eigenvalue weighted by Gasteiger charge is -2.28. The van der Waals surface area contributed by atoms with E-state index in [0.29, 0.717) is 11.4 Å². The summed E-state index contributed by atoms with van der Waals surface area (Å²) in [5.74, 6) is 0. The average Bonchev–Trinajstić information content (AvgIpc) is 3.25. The lowest BCUT2D eigenvalue weighted by atomic mass is 9.85. The van der Waals surface area contributed by atoms with Crippen molar-refractivity contribution in [3.05, 3.63) is 51.2 Å². The summed E-state index contributed by atoms with van der Waals surface area (Å²) in [6.07, 6.45) is 3.67. The standard InChI is InChI=1S/C20H27NO3S2/c1-14-6-7-15(2)18(12-14)26(23,24)21-13-20(10-4-5-11-20)19-9-8-17(25-19)16(3)22/h6-9,12,16,21-22H,4-5,10-11,13H2,1-3H3. The molecule has 1 aliphatic carbocycles. The van der Waals surface area contributed by atoms with Gasteiger partial charge >= 0.3 is 0 Å². The highest BCUT2D eigenvalue weighted by Crippen LogP contribution is 2.44. The fourth-order valence-electron chi connectivity index (χ4n) is 3.73. The van der Waals surface area contributed by atoms with E-state index in [-0.39, 0.29) is 5.41 Å². The molecule has 2 aromatic rings. The third kappa shape index (κ3) is 3.88. The highest BCUT2D eigenvalue weighted by atomic mass is 32.2. The van der Waals surface area contributed by atoms with E-state index in [1.54, 1.807) is 24.3 Å². The first-order valence-corrected chi connectivity index (χ1v) is 11.4. The number of nitrogens with one attached hydrogen (secondary N) is 1. The van der Waals surface area contributed by atoms with E-state index in [4.69, 9.17) is 0 Å². The van der Waals surface area contributed by atoms with Crippen LogP contribution in [0.4, 0.5) is 0 Å². The first-order chi connectivity index (χ1) is 12.2. The zero-order valence-corrected chi connectivity index (χ0v) is 17.2. The Kier molecular flexibility index (Phi) is 5.58. The second-order valence-electron chi connectivity index (χ2n) is 7.46. The van der Waals surface area contributed by atoms with Crippen molar-refractivity contribution < 1.29 is 13.5 Å². The van der Waals surface area contributed by atoms with Gasteiger partial charge in [-0.25, -0.2) is 13.1 Å². The third-order valence-corrected chi connectivity index (χ3v) is 8.40. The van der Waals surface area contributed by atoms with E-state index in [0.717, 1.165) is 41.7 Å². The Morgan fingerprint density at radius 3 is 2.50 bits per heavy atom. The van der Waals surface area contributed by atoms with Crippen molar-refractivity contribution in [2.75, 3.05) is 6.54 Å². The summed E-state index contributed by atoms with van der Waals surface area (Å²) in [5.41, 5.74) is 1.53. The van der Waals surface area contributed by atoms with Crippen LogP contribution in [0.2, 0.25) is 0 Å². The van der Waals surface area contributed by atoms with E-state index in [1.165, 1.54) is 4.88 Å². The van der Waals surface area contributed by atoms with Crippen LogP contribution >= 0.6 is 11.3 Å². The summed E-state index contributed by atoms with van der Waals surface area (Å²) >= 11 is 1.60. The van der Waals surface area contributed by atoms with Crippen molar-refractivity contribution in [1.29, 1.82) is 0 Å². The first kappa shape index (κ1) is 19.5. The maximum atomic E-state index is 12.9. The van der Waals surface area contributed by atoms with Gasteiger partial charge in [-0.1, -0.05) is 25.0 Å². The molecule has 0 radical (unpaired) electrons. The fourth-order valence-corrected chi connectivity index (χ4v) is 6.38. The minimum absolute atomic E-state index is 0.164. The normalized spacial score (nSPS) is 18.2. The molecule has 2 N–H and O–H groups in total. The van der Waals surface area contributed by atoms with Crippen LogP contribution in [0.15, 0.2) is 35.2 Å². The molecular weight excluding hydrogens is 366 g/mol. The Bertz CT molecular complexity index is 878. The minimum Gasteiger partial charge on any atom is -0.388 e. The van der Waals surface area contributed by atoms with Gasteiger partial charge in [0.2, 0.25) is 10.0 Å². The van der Waals surface area contributed by atoms with Crippen LogP contribution in [-0.4, -0.2) is 20.1 Å². The van der Waals surface area contributed by atoms with Gasteiger partial charge in [0, 0.05) is 21.7 Å². The summed E-state index contributed by atoms with van der Waals surface area (Å²) < 4.78 is 28.7. The Labute approximate surface area is 160 Å². The molecule has 0 saturated heterocycles. The van der Waals surface area contributed by atoms with E-state index in [2.05, 4.69) is 10.8 Å². The summed E-state index contributed by atoms with van der Waals surface area (Å²) in [5, 5.41) is 9.83. The number of benzene rings is 1. The quantitative estimate of drug-likeness (QED) is 0.773. The molecule has 0 spiro atoms. The van der Waals surface area contributed by atoms with Crippen LogP contribution in [0.5, 0.6) is 0 Å². The van der Waals surface area contributed by atoms with Crippen LogP contribution in [0.25, 0.3) is 0 Å². The number of sulfonamides is 1. The van der Waals surface area contributed by atoms with Crippen molar-refractivity contribution in [2.45, 2.75) is 62.9 Å². The monoisotopic (exact) mass is 393 g/mol. The maximum absolute atomic E-state index is 12.9. The molecule has 1 heterocycles.